The molecule has 2 rings (SSSR count). The number of aromatic nitrogens is 3. The third-order valence-electron chi connectivity index (χ3n) is 2.27. The molecule has 0 radical (unpaired) electrons. The first-order chi connectivity index (χ1) is 9.60. The summed E-state index contributed by atoms with van der Waals surface area (Å²) in [6.07, 6.45) is -1.04. The average Bonchev–Trinajstić information content (AvgIpc) is 2.88. The van der Waals surface area contributed by atoms with Crippen molar-refractivity contribution in [1.82, 2.24) is 15.0 Å². The van der Waals surface area contributed by atoms with Gasteiger partial charge in [-0.05, 0) is 12.1 Å². The van der Waals surface area contributed by atoms with Crippen molar-refractivity contribution in [3.63, 3.8) is 0 Å². The lowest BCUT2D eigenvalue weighted by atomic mass is 10.1. The molecule has 106 valence electrons. The van der Waals surface area contributed by atoms with Crippen LogP contribution in [0.25, 0.3) is 11.3 Å². The minimum Gasteiger partial charge on any atom is -0.428 e. The molecule has 1 aromatic carbocycles. The number of methoxy groups -OCH3 is 1. The van der Waals surface area contributed by atoms with Crippen molar-refractivity contribution >= 4 is 0 Å². The van der Waals surface area contributed by atoms with E-state index in [-0.39, 0.29) is 12.5 Å². The Morgan fingerprint density at radius 1 is 1.30 bits per heavy atom. The second kappa shape index (κ2) is 6.20. The second-order valence-electron chi connectivity index (χ2n) is 3.68. The van der Waals surface area contributed by atoms with Gasteiger partial charge in [0.15, 0.2) is 6.73 Å². The molecule has 0 aliphatic carbocycles. The van der Waals surface area contributed by atoms with Gasteiger partial charge in [0.25, 0.3) is 0 Å². The van der Waals surface area contributed by atoms with Crippen LogP contribution in [0.1, 0.15) is 0 Å². The standard InChI is InChI=1S/C12H10F3N3O2/c1-19-7-18-16-6-10(17-18)8-3-2-4-9(5-8)20-12(15)11(13)14/h2-6H,7H2,1H3. The Hall–Kier alpha value is -2.35. The molecule has 0 atom stereocenters. The predicted octanol–water partition coefficient (Wildman–Crippen LogP) is 2.96. The number of benzene rings is 1. The third kappa shape index (κ3) is 3.35. The molecule has 2 aromatic rings. The lowest BCUT2D eigenvalue weighted by molar-refractivity contribution is 0.108. The third-order valence-corrected chi connectivity index (χ3v) is 2.27. The van der Waals surface area contributed by atoms with E-state index in [0.29, 0.717) is 11.3 Å². The van der Waals surface area contributed by atoms with Crippen LogP contribution >= 0.6 is 0 Å². The minimum absolute atomic E-state index is 0.0610. The van der Waals surface area contributed by atoms with Gasteiger partial charge in [0.1, 0.15) is 11.4 Å². The van der Waals surface area contributed by atoms with Gasteiger partial charge in [-0.2, -0.15) is 28.2 Å². The van der Waals surface area contributed by atoms with E-state index in [1.54, 1.807) is 6.07 Å². The molecule has 0 unspecified atom stereocenters. The van der Waals surface area contributed by atoms with Gasteiger partial charge in [-0.3, -0.25) is 0 Å². The molecule has 1 aromatic heterocycles. The molecule has 0 aliphatic rings. The molecular weight excluding hydrogens is 275 g/mol. The number of rotatable bonds is 5. The average molecular weight is 285 g/mol. The SMILES string of the molecule is COCn1ncc(-c2cccc(OC(F)=C(F)F)c2)n1. The first kappa shape index (κ1) is 14.1. The Balaban J connectivity index is 2.22. The number of halogens is 3. The van der Waals surface area contributed by atoms with Crippen molar-refractivity contribution in [2.45, 2.75) is 6.73 Å². The zero-order chi connectivity index (χ0) is 14.5. The predicted molar refractivity (Wildman–Crippen MR) is 63.4 cm³/mol. The molecule has 0 bridgehead atoms. The zero-order valence-electron chi connectivity index (χ0n) is 10.4. The van der Waals surface area contributed by atoms with Crippen LogP contribution in [0.15, 0.2) is 42.6 Å². The van der Waals surface area contributed by atoms with E-state index in [4.69, 9.17) is 4.74 Å². The highest BCUT2D eigenvalue weighted by Gasteiger charge is 2.10. The lowest BCUT2D eigenvalue weighted by Gasteiger charge is -2.03. The van der Waals surface area contributed by atoms with Gasteiger partial charge >= 0.3 is 12.1 Å². The smallest absolute Gasteiger partial charge is 0.344 e. The molecule has 0 N–H and O–H groups in total. The number of hydrogen-bond acceptors (Lipinski definition) is 4. The largest absolute Gasteiger partial charge is 0.428 e. The van der Waals surface area contributed by atoms with Crippen LogP contribution in [-0.4, -0.2) is 22.1 Å². The maximum Gasteiger partial charge on any atom is 0.344 e. The van der Waals surface area contributed by atoms with Gasteiger partial charge in [0.05, 0.1) is 6.20 Å². The normalized spacial score (nSPS) is 10.4. The molecule has 0 aliphatic heterocycles. The molecule has 1 heterocycles. The van der Waals surface area contributed by atoms with Gasteiger partial charge in [0.2, 0.25) is 0 Å². The minimum atomic E-state index is -2.51. The molecule has 8 heteroatoms. The highest BCUT2D eigenvalue weighted by Crippen LogP contribution is 2.24. The maximum atomic E-state index is 12.7. The Labute approximate surface area is 112 Å². The van der Waals surface area contributed by atoms with Crippen LogP contribution in [-0.2, 0) is 11.5 Å². The van der Waals surface area contributed by atoms with Crippen LogP contribution in [0.4, 0.5) is 13.2 Å². The summed E-state index contributed by atoms with van der Waals surface area (Å²) in [7, 11) is 1.50. The van der Waals surface area contributed by atoms with Crippen LogP contribution in [0, 0.1) is 0 Å². The van der Waals surface area contributed by atoms with E-state index in [2.05, 4.69) is 14.9 Å². The summed E-state index contributed by atoms with van der Waals surface area (Å²) in [6, 6.07) is 4.00. The first-order valence-corrected chi connectivity index (χ1v) is 5.48. The fourth-order valence-corrected chi connectivity index (χ4v) is 1.47. The van der Waals surface area contributed by atoms with Gasteiger partial charge in [-0.15, -0.1) is 0 Å². The van der Waals surface area contributed by atoms with Crippen LogP contribution in [0.5, 0.6) is 5.75 Å². The summed E-state index contributed by atoms with van der Waals surface area (Å²) >= 11 is 0. The van der Waals surface area contributed by atoms with Gasteiger partial charge in [-0.1, -0.05) is 12.1 Å². The Morgan fingerprint density at radius 2 is 2.10 bits per heavy atom. The molecule has 0 amide bonds. The van der Waals surface area contributed by atoms with E-state index in [1.807, 2.05) is 0 Å². The van der Waals surface area contributed by atoms with Crippen LogP contribution < -0.4 is 4.74 Å². The number of nitrogens with zero attached hydrogens (tertiary/aromatic N) is 3. The quantitative estimate of drug-likeness (QED) is 0.792. The summed E-state index contributed by atoms with van der Waals surface area (Å²) in [5, 5.41) is 8.03. The van der Waals surface area contributed by atoms with Crippen molar-refractivity contribution in [3.8, 4) is 17.0 Å². The molecule has 0 saturated carbocycles. The highest BCUT2D eigenvalue weighted by molar-refractivity contribution is 5.59. The molecule has 0 spiro atoms. The van der Waals surface area contributed by atoms with Gasteiger partial charge in [-0.25, -0.2) is 0 Å². The number of ether oxygens (including phenoxy) is 2. The molecule has 0 saturated heterocycles. The van der Waals surface area contributed by atoms with Crippen LogP contribution in [0.2, 0.25) is 0 Å². The number of hydrogen-bond donors (Lipinski definition) is 0. The molecular formula is C12H10F3N3O2. The topological polar surface area (TPSA) is 49.2 Å². The van der Waals surface area contributed by atoms with E-state index < -0.39 is 12.1 Å². The van der Waals surface area contributed by atoms with E-state index >= 15 is 0 Å². The van der Waals surface area contributed by atoms with E-state index in [0.717, 1.165) is 0 Å². The monoisotopic (exact) mass is 285 g/mol. The first-order valence-electron chi connectivity index (χ1n) is 5.48. The zero-order valence-corrected chi connectivity index (χ0v) is 10.4. The Bertz CT molecular complexity index is 624. The van der Waals surface area contributed by atoms with Crippen molar-refractivity contribution in [2.75, 3.05) is 7.11 Å². The fraction of sp³-hybridized carbons (Fsp3) is 0.167. The summed E-state index contributed by atoms with van der Waals surface area (Å²) in [5.74, 6) is -0.0610. The summed E-state index contributed by atoms with van der Waals surface area (Å²) < 4.78 is 45.9. The molecule has 5 nitrogen and oxygen atoms in total. The summed E-state index contributed by atoms with van der Waals surface area (Å²) in [6.45, 7) is 0.181. The fourth-order valence-electron chi connectivity index (χ4n) is 1.47. The second-order valence-corrected chi connectivity index (χ2v) is 3.68. The van der Waals surface area contributed by atoms with E-state index in [1.165, 1.54) is 36.3 Å². The van der Waals surface area contributed by atoms with Gasteiger partial charge in [0, 0.05) is 12.7 Å². The van der Waals surface area contributed by atoms with Crippen molar-refractivity contribution < 1.29 is 22.6 Å². The van der Waals surface area contributed by atoms with Gasteiger partial charge < -0.3 is 9.47 Å². The van der Waals surface area contributed by atoms with Crippen molar-refractivity contribution in [3.05, 3.63) is 42.6 Å². The summed E-state index contributed by atoms with van der Waals surface area (Å²) in [5.41, 5.74) is 1.04. The van der Waals surface area contributed by atoms with E-state index in [9.17, 15) is 13.2 Å². The van der Waals surface area contributed by atoms with Crippen molar-refractivity contribution in [2.24, 2.45) is 0 Å². The van der Waals surface area contributed by atoms with Crippen molar-refractivity contribution in [1.29, 1.82) is 0 Å². The molecule has 20 heavy (non-hydrogen) atoms. The summed E-state index contributed by atoms with van der Waals surface area (Å²) in [4.78, 5) is 1.31. The Kier molecular flexibility index (Phi) is 4.36. The highest BCUT2D eigenvalue weighted by atomic mass is 19.3. The molecule has 0 fully saturated rings. The Morgan fingerprint density at radius 3 is 2.80 bits per heavy atom. The lowest BCUT2D eigenvalue weighted by Crippen LogP contribution is -2.03. The maximum absolute atomic E-state index is 12.7. The van der Waals surface area contributed by atoms with Crippen LogP contribution in [0.3, 0.4) is 0 Å².